The molecule has 14 heavy (non-hydrogen) atoms. The molecule has 0 heterocycles. The zero-order valence-electron chi connectivity index (χ0n) is 9.07. The highest BCUT2D eigenvalue weighted by Crippen LogP contribution is 2.36. The summed E-state index contributed by atoms with van der Waals surface area (Å²) < 4.78 is 21.2. The summed E-state index contributed by atoms with van der Waals surface area (Å²) in [6.07, 6.45) is 0.108. The zero-order valence-corrected chi connectivity index (χ0v) is 9.97. The molecule has 0 saturated carbocycles. The molecule has 2 atom stereocenters. The minimum absolute atomic E-state index is 0.108. The average molecular weight is 223 g/mol. The van der Waals surface area contributed by atoms with Crippen molar-refractivity contribution in [3.8, 4) is 0 Å². The summed E-state index contributed by atoms with van der Waals surface area (Å²) in [6, 6.07) is -0.569. The fraction of sp³-hybridized carbons (Fsp3) is 0.875. The molecule has 0 aliphatic rings. The third kappa shape index (κ3) is 5.37. The Balaban J connectivity index is 4.10. The van der Waals surface area contributed by atoms with E-state index in [9.17, 15) is 9.36 Å². The average Bonchev–Trinajstić information content (AvgIpc) is 2.03. The quantitative estimate of drug-likeness (QED) is 0.538. The van der Waals surface area contributed by atoms with Gasteiger partial charge in [0.25, 0.3) is 0 Å². The molecule has 5 nitrogen and oxygen atoms in total. The lowest BCUT2D eigenvalue weighted by molar-refractivity contribution is -0.144. The molecule has 0 aliphatic carbocycles. The lowest BCUT2D eigenvalue weighted by Crippen LogP contribution is -2.33. The van der Waals surface area contributed by atoms with Gasteiger partial charge in [0.15, 0.2) is 7.29 Å². The molecule has 0 bridgehead atoms. The van der Waals surface area contributed by atoms with Crippen LogP contribution in [0.2, 0.25) is 0 Å². The van der Waals surface area contributed by atoms with E-state index in [2.05, 4.69) is 5.09 Å². The van der Waals surface area contributed by atoms with Gasteiger partial charge in [-0.25, -0.2) is 0 Å². The van der Waals surface area contributed by atoms with Crippen molar-refractivity contribution in [3.63, 3.8) is 0 Å². The van der Waals surface area contributed by atoms with E-state index in [4.69, 9.17) is 9.47 Å². The molecule has 0 saturated heterocycles. The molecule has 0 aromatic carbocycles. The number of carbonyl (C=O) groups excluding carboxylic acids is 1. The Morgan fingerprint density at radius 2 is 2.14 bits per heavy atom. The molecule has 1 N–H and O–H groups in total. The summed E-state index contributed by atoms with van der Waals surface area (Å²) in [7, 11) is -1.13. The van der Waals surface area contributed by atoms with Gasteiger partial charge in [0, 0.05) is 13.8 Å². The van der Waals surface area contributed by atoms with E-state index in [0.717, 1.165) is 0 Å². The minimum atomic E-state index is -2.60. The van der Waals surface area contributed by atoms with Gasteiger partial charge in [0.2, 0.25) is 0 Å². The molecular formula is C8H18NO4P. The van der Waals surface area contributed by atoms with Crippen LogP contribution in [0.3, 0.4) is 0 Å². The Kier molecular flexibility index (Phi) is 6.00. The molecule has 1 unspecified atom stereocenters. The summed E-state index contributed by atoms with van der Waals surface area (Å²) in [6.45, 7) is 5.20. The molecule has 0 aromatic rings. The normalized spacial score (nSPS) is 17.1. The third-order valence-corrected chi connectivity index (χ3v) is 3.17. The molecule has 84 valence electrons. The van der Waals surface area contributed by atoms with Crippen LogP contribution in [0.1, 0.15) is 13.8 Å². The van der Waals surface area contributed by atoms with Crippen molar-refractivity contribution in [1.29, 1.82) is 0 Å². The Morgan fingerprint density at radius 1 is 1.57 bits per heavy atom. The maximum absolute atomic E-state index is 11.7. The predicted octanol–water partition coefficient (Wildman–Crippen LogP) is 1.04. The second-order valence-corrected chi connectivity index (χ2v) is 5.84. The highest BCUT2D eigenvalue weighted by molar-refractivity contribution is 7.60. The number of methoxy groups -OCH3 is 1. The minimum Gasteiger partial charge on any atom is -0.465 e. The van der Waals surface area contributed by atoms with Gasteiger partial charge in [-0.3, -0.25) is 9.88 Å². The zero-order chi connectivity index (χ0) is 11.2. The second-order valence-electron chi connectivity index (χ2n) is 3.12. The number of ether oxygens (including phenoxy) is 2. The van der Waals surface area contributed by atoms with Gasteiger partial charge < -0.3 is 14.0 Å². The molecule has 6 heteroatoms. The van der Waals surface area contributed by atoms with Crippen LogP contribution in [0.5, 0.6) is 0 Å². The van der Waals surface area contributed by atoms with Crippen LogP contribution in [-0.4, -0.2) is 38.7 Å². The standard InChI is InChI=1S/C8H18NO4P/c1-5-13-8(10)7(2)9-14(4,11)6-12-3/h7H,5-6H2,1-4H3,(H,9,11)/t7-,14?/m0/s1. The summed E-state index contributed by atoms with van der Waals surface area (Å²) in [5.74, 6) is -0.398. The maximum Gasteiger partial charge on any atom is 0.323 e. The van der Waals surface area contributed by atoms with Crippen LogP contribution in [0.25, 0.3) is 0 Å². The summed E-state index contributed by atoms with van der Waals surface area (Å²) in [5.41, 5.74) is 0. The molecule has 0 amide bonds. The number of rotatable bonds is 6. The van der Waals surface area contributed by atoms with Crippen molar-refractivity contribution in [2.24, 2.45) is 0 Å². The van der Waals surface area contributed by atoms with Gasteiger partial charge in [-0.15, -0.1) is 0 Å². The monoisotopic (exact) mass is 223 g/mol. The predicted molar refractivity (Wildman–Crippen MR) is 54.6 cm³/mol. The lowest BCUT2D eigenvalue weighted by atomic mass is 10.4. The Labute approximate surface area is 84.6 Å². The molecule has 0 aromatic heterocycles. The van der Waals surface area contributed by atoms with E-state index >= 15 is 0 Å². The fourth-order valence-electron chi connectivity index (χ4n) is 1.01. The molecule has 0 fully saturated rings. The van der Waals surface area contributed by atoms with E-state index in [1.807, 2.05) is 0 Å². The van der Waals surface area contributed by atoms with Gasteiger partial charge in [-0.05, 0) is 13.8 Å². The Morgan fingerprint density at radius 3 is 2.57 bits per heavy atom. The van der Waals surface area contributed by atoms with Crippen molar-refractivity contribution in [2.75, 3.05) is 26.7 Å². The molecule has 0 spiro atoms. The molecule has 0 aliphatic heterocycles. The van der Waals surface area contributed by atoms with Gasteiger partial charge in [0.1, 0.15) is 12.4 Å². The van der Waals surface area contributed by atoms with Crippen LogP contribution in [0, 0.1) is 0 Å². The van der Waals surface area contributed by atoms with Crippen molar-refractivity contribution in [2.45, 2.75) is 19.9 Å². The highest BCUT2D eigenvalue weighted by Gasteiger charge is 2.22. The number of esters is 1. The van der Waals surface area contributed by atoms with Crippen molar-refractivity contribution >= 4 is 13.3 Å². The van der Waals surface area contributed by atoms with E-state index in [0.29, 0.717) is 6.61 Å². The van der Waals surface area contributed by atoms with Crippen molar-refractivity contribution in [3.05, 3.63) is 0 Å². The number of hydrogen-bond donors (Lipinski definition) is 1. The van der Waals surface area contributed by atoms with Crippen LogP contribution in [0.4, 0.5) is 0 Å². The van der Waals surface area contributed by atoms with Gasteiger partial charge in [0.05, 0.1) is 6.61 Å². The molecule has 0 rings (SSSR count). The van der Waals surface area contributed by atoms with Crippen LogP contribution in [-0.2, 0) is 18.8 Å². The lowest BCUT2D eigenvalue weighted by Gasteiger charge is -2.18. The fourth-order valence-corrected chi connectivity index (χ4v) is 2.51. The van der Waals surface area contributed by atoms with Crippen molar-refractivity contribution in [1.82, 2.24) is 5.09 Å². The Hall–Kier alpha value is -0.380. The van der Waals surface area contributed by atoms with Crippen LogP contribution >= 0.6 is 7.29 Å². The smallest absolute Gasteiger partial charge is 0.323 e. The largest absolute Gasteiger partial charge is 0.465 e. The SMILES string of the molecule is CCOC(=O)[C@H](C)NP(C)(=O)COC. The van der Waals surface area contributed by atoms with Gasteiger partial charge >= 0.3 is 5.97 Å². The van der Waals surface area contributed by atoms with Gasteiger partial charge in [-0.1, -0.05) is 0 Å². The first-order chi connectivity index (χ1) is 6.43. The second kappa shape index (κ2) is 6.17. The highest BCUT2D eigenvalue weighted by atomic mass is 31.2. The van der Waals surface area contributed by atoms with E-state index < -0.39 is 19.3 Å². The first-order valence-corrected chi connectivity index (χ1v) is 6.76. The number of nitrogens with one attached hydrogen (secondary N) is 1. The molecular weight excluding hydrogens is 205 g/mol. The van der Waals surface area contributed by atoms with Crippen LogP contribution in [0.15, 0.2) is 0 Å². The third-order valence-electron chi connectivity index (χ3n) is 1.48. The summed E-state index contributed by atoms with van der Waals surface area (Å²) in [5, 5.41) is 2.70. The number of carbonyl (C=O) groups is 1. The first-order valence-electron chi connectivity index (χ1n) is 4.43. The van der Waals surface area contributed by atoms with E-state index in [-0.39, 0.29) is 6.35 Å². The first kappa shape index (κ1) is 13.6. The van der Waals surface area contributed by atoms with Gasteiger partial charge in [-0.2, -0.15) is 0 Å². The summed E-state index contributed by atoms with van der Waals surface area (Å²) >= 11 is 0. The topological polar surface area (TPSA) is 64.6 Å². The molecule has 0 radical (unpaired) electrons. The van der Waals surface area contributed by atoms with E-state index in [1.165, 1.54) is 13.8 Å². The van der Waals surface area contributed by atoms with Crippen molar-refractivity contribution < 1.29 is 18.8 Å². The Bertz CT molecular complexity index is 231. The van der Waals surface area contributed by atoms with E-state index in [1.54, 1.807) is 13.8 Å². The maximum atomic E-state index is 11.7. The number of hydrogen-bond acceptors (Lipinski definition) is 4. The van der Waals surface area contributed by atoms with Crippen LogP contribution < -0.4 is 5.09 Å². The summed E-state index contributed by atoms with van der Waals surface area (Å²) in [4.78, 5) is 11.2.